The molecule has 0 radical (unpaired) electrons. The summed E-state index contributed by atoms with van der Waals surface area (Å²) in [6, 6.07) is 29.5. The maximum absolute atomic E-state index is 15.1. The van der Waals surface area contributed by atoms with Gasteiger partial charge in [0.05, 0.1) is 10.6 Å². The van der Waals surface area contributed by atoms with E-state index in [0.29, 0.717) is 5.69 Å². The Balaban J connectivity index is 1.57. The molecule has 4 aromatic rings. The summed E-state index contributed by atoms with van der Waals surface area (Å²) in [5, 5.41) is 3.13. The molecule has 0 saturated heterocycles. The van der Waals surface area contributed by atoms with Crippen LogP contribution in [0.4, 0.5) is 10.1 Å². The minimum atomic E-state index is -4.21. The smallest absolute Gasteiger partial charge is 0.264 e. The van der Waals surface area contributed by atoms with Crippen molar-refractivity contribution in [3.63, 3.8) is 0 Å². The zero-order valence-corrected chi connectivity index (χ0v) is 27.7. The van der Waals surface area contributed by atoms with E-state index in [-0.39, 0.29) is 41.3 Å². The van der Waals surface area contributed by atoms with E-state index in [1.807, 2.05) is 56.3 Å². The fourth-order valence-electron chi connectivity index (χ4n) is 6.01. The first-order chi connectivity index (χ1) is 22.6. The molecule has 246 valence electrons. The van der Waals surface area contributed by atoms with Crippen molar-refractivity contribution in [3.05, 3.63) is 132 Å². The van der Waals surface area contributed by atoms with Crippen LogP contribution in [0.5, 0.6) is 0 Å². The molecule has 2 amide bonds. The third-order valence-corrected chi connectivity index (χ3v) is 10.5. The molecule has 0 bridgehead atoms. The highest BCUT2D eigenvalue weighted by atomic mass is 32.2. The second-order valence-corrected chi connectivity index (χ2v) is 14.2. The van der Waals surface area contributed by atoms with Gasteiger partial charge in [0.15, 0.2) is 0 Å². The molecule has 0 spiro atoms. The summed E-state index contributed by atoms with van der Waals surface area (Å²) in [5.74, 6) is -1.26. The van der Waals surface area contributed by atoms with Gasteiger partial charge in [0, 0.05) is 24.6 Å². The van der Waals surface area contributed by atoms with Gasteiger partial charge in [-0.1, -0.05) is 106 Å². The summed E-state index contributed by atoms with van der Waals surface area (Å²) in [6.45, 7) is 3.28. The minimum absolute atomic E-state index is 0.0133. The Bertz CT molecular complexity index is 1740. The standard InChI is InChI=1S/C38H42FN3O4S/c1-28(2)30-21-23-33(24-22-30)42(47(45,46)34-18-7-4-8-19-34)27-37(43)41(26-31-15-9-12-20-35(31)39)36(25-29-13-5-3-6-14-29)38(44)40-32-16-10-11-17-32/h3-9,12-15,18-24,28,32,36H,10-11,16-17,25-27H2,1-2H3,(H,40,44)/t36-/m0/s1. The van der Waals surface area contributed by atoms with Crippen LogP contribution in [-0.2, 0) is 32.6 Å². The van der Waals surface area contributed by atoms with E-state index >= 15 is 4.39 Å². The molecule has 1 fully saturated rings. The van der Waals surface area contributed by atoms with Crippen molar-refractivity contribution in [2.45, 2.75) is 75.4 Å². The summed E-state index contributed by atoms with van der Waals surface area (Å²) in [7, 11) is -4.21. The van der Waals surface area contributed by atoms with Gasteiger partial charge in [-0.2, -0.15) is 0 Å². The predicted octanol–water partition coefficient (Wildman–Crippen LogP) is 6.84. The highest BCUT2D eigenvalue weighted by molar-refractivity contribution is 7.92. The predicted molar refractivity (Wildman–Crippen MR) is 183 cm³/mol. The lowest BCUT2D eigenvalue weighted by atomic mass is 10.0. The van der Waals surface area contributed by atoms with E-state index in [1.165, 1.54) is 23.1 Å². The van der Waals surface area contributed by atoms with Crippen LogP contribution in [0.3, 0.4) is 0 Å². The van der Waals surface area contributed by atoms with Gasteiger partial charge in [-0.25, -0.2) is 12.8 Å². The average Bonchev–Trinajstić information content (AvgIpc) is 3.60. The maximum Gasteiger partial charge on any atom is 0.264 e. The number of rotatable bonds is 13. The van der Waals surface area contributed by atoms with Crippen molar-refractivity contribution in [2.75, 3.05) is 10.8 Å². The lowest BCUT2D eigenvalue weighted by Gasteiger charge is -2.34. The lowest BCUT2D eigenvalue weighted by Crippen LogP contribution is -2.54. The van der Waals surface area contributed by atoms with Crippen molar-refractivity contribution in [1.82, 2.24) is 10.2 Å². The number of anilines is 1. The van der Waals surface area contributed by atoms with Crippen LogP contribution in [0.2, 0.25) is 0 Å². The zero-order chi connectivity index (χ0) is 33.4. The van der Waals surface area contributed by atoms with Crippen LogP contribution in [0.1, 0.15) is 62.1 Å². The summed E-state index contributed by atoms with van der Waals surface area (Å²) >= 11 is 0. The van der Waals surface area contributed by atoms with E-state index in [9.17, 15) is 18.0 Å². The van der Waals surface area contributed by atoms with E-state index < -0.39 is 34.3 Å². The average molecular weight is 656 g/mol. The summed E-state index contributed by atoms with van der Waals surface area (Å²) in [6.07, 6.45) is 3.89. The molecular weight excluding hydrogens is 614 g/mol. The summed E-state index contributed by atoms with van der Waals surface area (Å²) in [4.78, 5) is 30.0. The second-order valence-electron chi connectivity index (χ2n) is 12.4. The molecule has 5 rings (SSSR count). The van der Waals surface area contributed by atoms with Crippen molar-refractivity contribution < 1.29 is 22.4 Å². The summed E-state index contributed by atoms with van der Waals surface area (Å²) < 4.78 is 44.5. The zero-order valence-electron chi connectivity index (χ0n) is 26.9. The highest BCUT2D eigenvalue weighted by Gasteiger charge is 2.36. The molecule has 0 aromatic heterocycles. The Morgan fingerprint density at radius 2 is 1.43 bits per heavy atom. The molecule has 1 N–H and O–H groups in total. The number of nitrogens with zero attached hydrogens (tertiary/aromatic N) is 2. The van der Waals surface area contributed by atoms with Gasteiger partial charge in [-0.05, 0) is 60.2 Å². The molecule has 1 aliphatic carbocycles. The minimum Gasteiger partial charge on any atom is -0.352 e. The lowest BCUT2D eigenvalue weighted by molar-refractivity contribution is -0.140. The van der Waals surface area contributed by atoms with Gasteiger partial charge in [0.25, 0.3) is 10.0 Å². The Morgan fingerprint density at radius 3 is 2.04 bits per heavy atom. The Hall–Kier alpha value is -4.50. The van der Waals surface area contributed by atoms with E-state index in [0.717, 1.165) is 41.1 Å². The molecule has 47 heavy (non-hydrogen) atoms. The first kappa shape index (κ1) is 33.9. The number of hydrogen-bond acceptors (Lipinski definition) is 4. The maximum atomic E-state index is 15.1. The fourth-order valence-corrected chi connectivity index (χ4v) is 7.44. The van der Waals surface area contributed by atoms with Gasteiger partial charge in [-0.3, -0.25) is 13.9 Å². The molecule has 1 atom stereocenters. The molecule has 7 nitrogen and oxygen atoms in total. The number of amides is 2. The van der Waals surface area contributed by atoms with Crippen molar-refractivity contribution >= 4 is 27.5 Å². The molecule has 0 aliphatic heterocycles. The Kier molecular flexibility index (Phi) is 11.1. The van der Waals surface area contributed by atoms with Crippen molar-refractivity contribution in [2.24, 2.45) is 0 Å². The van der Waals surface area contributed by atoms with Gasteiger partial charge < -0.3 is 10.2 Å². The number of halogens is 1. The van der Waals surface area contributed by atoms with Crippen molar-refractivity contribution in [1.29, 1.82) is 0 Å². The van der Waals surface area contributed by atoms with Crippen LogP contribution >= 0.6 is 0 Å². The monoisotopic (exact) mass is 655 g/mol. The topological polar surface area (TPSA) is 86.8 Å². The number of nitrogens with one attached hydrogen (secondary N) is 1. The van der Waals surface area contributed by atoms with Gasteiger partial charge in [-0.15, -0.1) is 0 Å². The number of carbonyl (C=O) groups is 2. The quantitative estimate of drug-likeness (QED) is 0.171. The number of hydrogen-bond donors (Lipinski definition) is 1. The van der Waals surface area contributed by atoms with Crippen molar-refractivity contribution in [3.8, 4) is 0 Å². The Morgan fingerprint density at radius 1 is 0.830 bits per heavy atom. The first-order valence-corrected chi connectivity index (χ1v) is 17.6. The normalized spacial score (nSPS) is 14.1. The second kappa shape index (κ2) is 15.4. The van der Waals surface area contributed by atoms with Crippen LogP contribution < -0.4 is 9.62 Å². The van der Waals surface area contributed by atoms with E-state index in [4.69, 9.17) is 0 Å². The first-order valence-electron chi connectivity index (χ1n) is 16.2. The third-order valence-electron chi connectivity index (χ3n) is 8.73. The molecule has 0 heterocycles. The SMILES string of the molecule is CC(C)c1ccc(N(CC(=O)N(Cc2ccccc2F)[C@@H](Cc2ccccc2)C(=O)NC2CCCC2)S(=O)(=O)c2ccccc2)cc1. The molecule has 9 heteroatoms. The molecule has 1 aliphatic rings. The van der Waals surface area contributed by atoms with Gasteiger partial charge in [0.2, 0.25) is 11.8 Å². The largest absolute Gasteiger partial charge is 0.352 e. The van der Waals surface area contributed by atoms with Crippen LogP contribution in [0.15, 0.2) is 114 Å². The van der Waals surface area contributed by atoms with Gasteiger partial charge >= 0.3 is 0 Å². The summed E-state index contributed by atoms with van der Waals surface area (Å²) in [5.41, 5.74) is 2.38. The van der Waals surface area contributed by atoms with Gasteiger partial charge in [0.1, 0.15) is 18.4 Å². The van der Waals surface area contributed by atoms with E-state index in [2.05, 4.69) is 5.32 Å². The van der Waals surface area contributed by atoms with Crippen LogP contribution in [0.25, 0.3) is 0 Å². The highest BCUT2D eigenvalue weighted by Crippen LogP contribution is 2.27. The fraction of sp³-hybridized carbons (Fsp3) is 0.316. The van der Waals surface area contributed by atoms with E-state index in [1.54, 1.807) is 48.5 Å². The molecule has 0 unspecified atom stereocenters. The number of carbonyl (C=O) groups excluding carboxylic acids is 2. The number of sulfonamides is 1. The molecular formula is C38H42FN3O4S. The molecule has 4 aromatic carbocycles. The van der Waals surface area contributed by atoms with Crippen LogP contribution in [0, 0.1) is 5.82 Å². The Labute approximate surface area is 277 Å². The third kappa shape index (κ3) is 8.46. The number of benzene rings is 4. The van der Waals surface area contributed by atoms with Crippen LogP contribution in [-0.4, -0.2) is 43.8 Å². The molecule has 1 saturated carbocycles.